The van der Waals surface area contributed by atoms with Gasteiger partial charge in [0.2, 0.25) is 5.88 Å². The molecule has 0 atom stereocenters. The van der Waals surface area contributed by atoms with Crippen LogP contribution >= 0.6 is 0 Å². The summed E-state index contributed by atoms with van der Waals surface area (Å²) in [6.07, 6.45) is 0.999. The van der Waals surface area contributed by atoms with Gasteiger partial charge in [0.25, 0.3) is 0 Å². The number of hydrogen-bond acceptors (Lipinski definition) is 6. The van der Waals surface area contributed by atoms with Crippen LogP contribution in [0.15, 0.2) is 6.07 Å². The Labute approximate surface area is 107 Å². The number of hydrogen-bond donors (Lipinski definition) is 1. The van der Waals surface area contributed by atoms with Gasteiger partial charge in [0, 0.05) is 19.3 Å². The van der Waals surface area contributed by atoms with Gasteiger partial charge in [-0.2, -0.15) is 4.98 Å². The predicted molar refractivity (Wildman–Crippen MR) is 68.4 cm³/mol. The third-order valence-electron chi connectivity index (χ3n) is 2.03. The van der Waals surface area contributed by atoms with E-state index in [1.807, 2.05) is 6.92 Å². The van der Waals surface area contributed by atoms with E-state index in [4.69, 9.17) is 19.9 Å². The molecule has 0 radical (unpaired) electrons. The van der Waals surface area contributed by atoms with Gasteiger partial charge in [-0.3, -0.25) is 0 Å². The maximum absolute atomic E-state index is 5.67. The molecule has 0 saturated carbocycles. The smallest absolute Gasteiger partial charge is 0.218 e. The summed E-state index contributed by atoms with van der Waals surface area (Å²) in [6, 6.07) is 1.59. The second kappa shape index (κ2) is 8.66. The van der Waals surface area contributed by atoms with Gasteiger partial charge < -0.3 is 19.9 Å². The predicted octanol–water partition coefficient (Wildman–Crippen LogP) is 1.40. The molecule has 0 aliphatic rings. The number of ether oxygens (including phenoxy) is 3. The fraction of sp³-hybridized carbons (Fsp3) is 0.667. The number of nitrogens with two attached hydrogens (primary N) is 1. The summed E-state index contributed by atoms with van der Waals surface area (Å²) in [6.45, 7) is 6.65. The molecule has 6 nitrogen and oxygen atoms in total. The summed E-state index contributed by atoms with van der Waals surface area (Å²) in [5, 5.41) is 0. The van der Waals surface area contributed by atoms with E-state index in [0.29, 0.717) is 43.9 Å². The highest BCUT2D eigenvalue weighted by molar-refractivity contribution is 5.32. The molecular weight excluding hydrogens is 234 g/mol. The maximum atomic E-state index is 5.67. The fourth-order valence-corrected chi connectivity index (χ4v) is 1.28. The van der Waals surface area contributed by atoms with Crippen LogP contribution in [0.4, 0.5) is 5.82 Å². The van der Waals surface area contributed by atoms with Crippen LogP contribution in [-0.4, -0.2) is 36.4 Å². The van der Waals surface area contributed by atoms with Gasteiger partial charge >= 0.3 is 0 Å². The lowest BCUT2D eigenvalue weighted by atomic mass is 10.5. The van der Waals surface area contributed by atoms with Crippen LogP contribution in [0.3, 0.4) is 0 Å². The Hall–Kier alpha value is -1.40. The van der Waals surface area contributed by atoms with Gasteiger partial charge in [0.15, 0.2) is 5.82 Å². The van der Waals surface area contributed by atoms with Crippen molar-refractivity contribution in [1.29, 1.82) is 0 Å². The zero-order valence-electron chi connectivity index (χ0n) is 11.0. The van der Waals surface area contributed by atoms with Gasteiger partial charge in [0.05, 0.1) is 6.61 Å². The highest BCUT2D eigenvalue weighted by Crippen LogP contribution is 2.11. The molecule has 0 aromatic carbocycles. The van der Waals surface area contributed by atoms with Crippen molar-refractivity contribution in [2.45, 2.75) is 26.9 Å². The monoisotopic (exact) mass is 255 g/mol. The van der Waals surface area contributed by atoms with Crippen LogP contribution in [0.25, 0.3) is 0 Å². The Morgan fingerprint density at radius 1 is 1.11 bits per heavy atom. The van der Waals surface area contributed by atoms with E-state index in [9.17, 15) is 0 Å². The maximum Gasteiger partial charge on any atom is 0.218 e. The minimum Gasteiger partial charge on any atom is -0.475 e. The van der Waals surface area contributed by atoms with Crippen LogP contribution in [0.1, 0.15) is 26.1 Å². The summed E-state index contributed by atoms with van der Waals surface area (Å²) >= 11 is 0. The molecule has 6 heteroatoms. The summed E-state index contributed by atoms with van der Waals surface area (Å²) in [4.78, 5) is 8.25. The Morgan fingerprint density at radius 3 is 2.67 bits per heavy atom. The Bertz CT molecular complexity index is 347. The number of nitrogen functional groups attached to an aromatic ring is 1. The molecule has 2 N–H and O–H groups in total. The van der Waals surface area contributed by atoms with Crippen molar-refractivity contribution in [2.75, 3.05) is 32.2 Å². The zero-order chi connectivity index (χ0) is 13.2. The molecule has 0 amide bonds. The first kappa shape index (κ1) is 14.7. The second-order valence-corrected chi connectivity index (χ2v) is 3.65. The molecule has 1 heterocycles. The standard InChI is InChI=1S/C12H21N3O3/c1-3-5-17-6-7-18-12-8-10(13)14-11(15-12)9-16-4-2/h8H,3-7,9H2,1-2H3,(H2,13,14,15). The minimum absolute atomic E-state index is 0.338. The lowest BCUT2D eigenvalue weighted by Gasteiger charge is -2.08. The lowest BCUT2D eigenvalue weighted by Crippen LogP contribution is -2.10. The number of nitrogens with zero attached hydrogens (tertiary/aromatic N) is 2. The van der Waals surface area contributed by atoms with Crippen LogP contribution in [0.5, 0.6) is 5.88 Å². The van der Waals surface area contributed by atoms with Gasteiger partial charge in [-0.1, -0.05) is 6.92 Å². The Kier molecular flexibility index (Phi) is 7.05. The highest BCUT2D eigenvalue weighted by atomic mass is 16.5. The van der Waals surface area contributed by atoms with Gasteiger partial charge in [0.1, 0.15) is 19.0 Å². The third kappa shape index (κ3) is 5.79. The highest BCUT2D eigenvalue weighted by Gasteiger charge is 2.03. The van der Waals surface area contributed by atoms with Gasteiger partial charge in [-0.25, -0.2) is 4.98 Å². The average Bonchev–Trinajstić information content (AvgIpc) is 2.35. The van der Waals surface area contributed by atoms with Crippen molar-refractivity contribution in [3.63, 3.8) is 0 Å². The summed E-state index contributed by atoms with van der Waals surface area (Å²) in [5.74, 6) is 1.36. The number of rotatable bonds is 9. The Balaban J connectivity index is 2.41. The molecule has 0 saturated heterocycles. The molecule has 1 aromatic heterocycles. The summed E-state index contributed by atoms with van der Waals surface area (Å²) < 4.78 is 16.0. The van der Waals surface area contributed by atoms with E-state index in [0.717, 1.165) is 13.0 Å². The van der Waals surface area contributed by atoms with E-state index >= 15 is 0 Å². The second-order valence-electron chi connectivity index (χ2n) is 3.65. The molecule has 0 unspecified atom stereocenters. The quantitative estimate of drug-likeness (QED) is 0.672. The van der Waals surface area contributed by atoms with Crippen LogP contribution < -0.4 is 10.5 Å². The molecule has 102 valence electrons. The molecule has 0 fully saturated rings. The van der Waals surface area contributed by atoms with Crippen molar-refractivity contribution < 1.29 is 14.2 Å². The van der Waals surface area contributed by atoms with E-state index in [-0.39, 0.29) is 0 Å². The van der Waals surface area contributed by atoms with Crippen molar-refractivity contribution in [3.05, 3.63) is 11.9 Å². The largest absolute Gasteiger partial charge is 0.475 e. The van der Waals surface area contributed by atoms with E-state index < -0.39 is 0 Å². The summed E-state index contributed by atoms with van der Waals surface area (Å²) in [7, 11) is 0. The first-order valence-corrected chi connectivity index (χ1v) is 6.18. The summed E-state index contributed by atoms with van der Waals surface area (Å²) in [5.41, 5.74) is 5.67. The van der Waals surface area contributed by atoms with Gasteiger partial charge in [-0.05, 0) is 13.3 Å². The van der Waals surface area contributed by atoms with Crippen molar-refractivity contribution in [2.24, 2.45) is 0 Å². The van der Waals surface area contributed by atoms with Crippen LogP contribution in [0.2, 0.25) is 0 Å². The van der Waals surface area contributed by atoms with E-state index in [1.165, 1.54) is 0 Å². The normalized spacial score (nSPS) is 10.6. The Morgan fingerprint density at radius 2 is 1.94 bits per heavy atom. The van der Waals surface area contributed by atoms with Gasteiger partial charge in [-0.15, -0.1) is 0 Å². The average molecular weight is 255 g/mol. The van der Waals surface area contributed by atoms with Crippen molar-refractivity contribution in [1.82, 2.24) is 9.97 Å². The molecule has 1 aromatic rings. The van der Waals surface area contributed by atoms with Crippen LogP contribution in [-0.2, 0) is 16.1 Å². The minimum atomic E-state index is 0.338. The SMILES string of the molecule is CCCOCCOc1cc(N)nc(COCC)n1. The molecule has 0 aliphatic heterocycles. The van der Waals surface area contributed by atoms with E-state index in [1.54, 1.807) is 6.07 Å². The molecular formula is C12H21N3O3. The molecule has 0 aliphatic carbocycles. The fourth-order valence-electron chi connectivity index (χ4n) is 1.28. The third-order valence-corrected chi connectivity index (χ3v) is 2.03. The molecule has 18 heavy (non-hydrogen) atoms. The number of aromatic nitrogens is 2. The first-order valence-electron chi connectivity index (χ1n) is 6.18. The van der Waals surface area contributed by atoms with Crippen molar-refractivity contribution >= 4 is 5.82 Å². The van der Waals surface area contributed by atoms with Crippen LogP contribution in [0, 0.1) is 0 Å². The van der Waals surface area contributed by atoms with E-state index in [2.05, 4.69) is 16.9 Å². The lowest BCUT2D eigenvalue weighted by molar-refractivity contribution is 0.0979. The topological polar surface area (TPSA) is 79.5 Å². The number of anilines is 1. The molecule has 0 bridgehead atoms. The molecule has 0 spiro atoms. The van der Waals surface area contributed by atoms with Crippen molar-refractivity contribution in [3.8, 4) is 5.88 Å². The first-order chi connectivity index (χ1) is 8.76. The zero-order valence-corrected chi connectivity index (χ0v) is 11.0. The molecule has 1 rings (SSSR count).